The van der Waals surface area contributed by atoms with Crippen LogP contribution in [0.25, 0.3) is 0 Å². The minimum atomic E-state index is -0.964. The molecule has 1 atom stereocenters. The molecule has 7 heteroatoms. The second kappa shape index (κ2) is 6.94. The van der Waals surface area contributed by atoms with E-state index in [2.05, 4.69) is 10.6 Å². The monoisotopic (exact) mass is 294 g/mol. The highest BCUT2D eigenvalue weighted by atomic mass is 16.7. The lowest BCUT2D eigenvalue weighted by molar-refractivity contribution is -0.139. The molecule has 3 N–H and O–H groups in total. The topological polar surface area (TPSA) is 96.9 Å². The van der Waals surface area contributed by atoms with Crippen LogP contribution in [-0.2, 0) is 9.59 Å². The van der Waals surface area contributed by atoms with E-state index in [0.717, 1.165) is 0 Å². The second-order valence-electron chi connectivity index (χ2n) is 4.67. The molecule has 1 aliphatic rings. The summed E-state index contributed by atoms with van der Waals surface area (Å²) in [7, 11) is 0. The molecule has 1 unspecified atom stereocenters. The van der Waals surface area contributed by atoms with Crippen LogP contribution in [0, 0.1) is 0 Å². The van der Waals surface area contributed by atoms with Gasteiger partial charge in [0.15, 0.2) is 11.5 Å². The van der Waals surface area contributed by atoms with E-state index in [1.165, 1.54) is 6.92 Å². The van der Waals surface area contributed by atoms with Crippen molar-refractivity contribution in [2.45, 2.75) is 19.4 Å². The molecule has 0 spiro atoms. The van der Waals surface area contributed by atoms with Crippen LogP contribution in [0.2, 0.25) is 0 Å². The quantitative estimate of drug-likeness (QED) is 0.639. The number of rotatable bonds is 7. The summed E-state index contributed by atoms with van der Waals surface area (Å²) in [5.74, 6) is 0.112. The maximum absolute atomic E-state index is 11.4. The first-order valence-corrected chi connectivity index (χ1v) is 6.68. The first-order valence-electron chi connectivity index (χ1n) is 6.68. The third kappa shape index (κ3) is 4.09. The molecule has 0 saturated carbocycles. The van der Waals surface area contributed by atoms with Gasteiger partial charge in [-0.1, -0.05) is 6.07 Å². The predicted molar refractivity (Wildman–Crippen MR) is 74.2 cm³/mol. The zero-order valence-corrected chi connectivity index (χ0v) is 11.7. The molecule has 1 aromatic rings. The van der Waals surface area contributed by atoms with E-state index < -0.39 is 12.0 Å². The van der Waals surface area contributed by atoms with Crippen molar-refractivity contribution in [1.82, 2.24) is 10.6 Å². The average molecular weight is 294 g/mol. The summed E-state index contributed by atoms with van der Waals surface area (Å²) in [4.78, 5) is 22.1. The summed E-state index contributed by atoms with van der Waals surface area (Å²) < 4.78 is 10.4. The molecule has 1 heterocycles. The fraction of sp³-hybridized carbons (Fsp3) is 0.429. The number of benzene rings is 1. The van der Waals surface area contributed by atoms with Gasteiger partial charge in [-0.15, -0.1) is 0 Å². The minimum Gasteiger partial charge on any atom is -0.480 e. The zero-order chi connectivity index (χ0) is 15.2. The van der Waals surface area contributed by atoms with Crippen molar-refractivity contribution in [3.8, 4) is 11.5 Å². The first-order chi connectivity index (χ1) is 10.1. The van der Waals surface area contributed by atoms with E-state index in [4.69, 9.17) is 9.47 Å². The van der Waals surface area contributed by atoms with Crippen molar-refractivity contribution in [2.24, 2.45) is 0 Å². The van der Waals surface area contributed by atoms with E-state index in [0.29, 0.717) is 36.6 Å². The smallest absolute Gasteiger partial charge is 0.325 e. The molecule has 1 aliphatic heterocycles. The molecular formula is C14H18N2O5. The van der Waals surface area contributed by atoms with Gasteiger partial charge in [-0.3, -0.25) is 9.59 Å². The molecule has 114 valence electrons. The van der Waals surface area contributed by atoms with Crippen LogP contribution >= 0.6 is 0 Å². The molecule has 1 aromatic carbocycles. The Hall–Kier alpha value is -2.28. The highest BCUT2D eigenvalue weighted by molar-refractivity contribution is 5.76. The standard InChI is InChI=1S/C14H18N2O5/c1-9(17)15-5-2-6-16-13(14(18)19)10-3-4-11-12(7-10)21-8-20-11/h3-4,7,13,16H,2,5-6,8H2,1H3,(H,15,17)(H,18,19). The molecule has 1 amide bonds. The van der Waals surface area contributed by atoms with Gasteiger partial charge in [-0.05, 0) is 30.7 Å². The SMILES string of the molecule is CC(=O)NCCCNC(C(=O)O)c1ccc2c(c1)OCO2. The van der Waals surface area contributed by atoms with Gasteiger partial charge < -0.3 is 25.2 Å². The van der Waals surface area contributed by atoms with Crippen LogP contribution in [-0.4, -0.2) is 36.9 Å². The molecule has 2 rings (SSSR count). The van der Waals surface area contributed by atoms with Crippen LogP contribution in [0.1, 0.15) is 24.9 Å². The Morgan fingerprint density at radius 3 is 2.76 bits per heavy atom. The molecule has 0 saturated heterocycles. The van der Waals surface area contributed by atoms with Gasteiger partial charge >= 0.3 is 5.97 Å². The van der Waals surface area contributed by atoms with Crippen molar-refractivity contribution in [3.05, 3.63) is 23.8 Å². The number of aliphatic carboxylic acids is 1. The number of fused-ring (bicyclic) bond motifs is 1. The zero-order valence-electron chi connectivity index (χ0n) is 11.7. The summed E-state index contributed by atoms with van der Waals surface area (Å²) in [6.07, 6.45) is 0.647. The molecule has 0 aromatic heterocycles. The number of carboxylic acids is 1. The second-order valence-corrected chi connectivity index (χ2v) is 4.67. The van der Waals surface area contributed by atoms with Gasteiger partial charge in [-0.25, -0.2) is 0 Å². The summed E-state index contributed by atoms with van der Waals surface area (Å²) in [6.45, 7) is 2.59. The maximum atomic E-state index is 11.4. The Balaban J connectivity index is 1.93. The van der Waals surface area contributed by atoms with Gasteiger partial charge in [0.2, 0.25) is 12.7 Å². The number of ether oxygens (including phenoxy) is 2. The van der Waals surface area contributed by atoms with Crippen LogP contribution in [0.15, 0.2) is 18.2 Å². The number of carbonyl (C=O) groups is 2. The van der Waals surface area contributed by atoms with Crippen LogP contribution in [0.4, 0.5) is 0 Å². The van der Waals surface area contributed by atoms with Crippen molar-refractivity contribution in [1.29, 1.82) is 0 Å². The normalized spacial score (nSPS) is 13.8. The number of amides is 1. The molecule has 0 aliphatic carbocycles. The number of nitrogens with one attached hydrogen (secondary N) is 2. The Morgan fingerprint density at radius 2 is 2.05 bits per heavy atom. The summed E-state index contributed by atoms with van der Waals surface area (Å²) in [5.41, 5.74) is 0.603. The third-order valence-corrected chi connectivity index (χ3v) is 3.05. The summed E-state index contributed by atoms with van der Waals surface area (Å²) in [6, 6.07) is 4.25. The molecule has 0 bridgehead atoms. The molecule has 21 heavy (non-hydrogen) atoms. The molecule has 0 fully saturated rings. The fourth-order valence-electron chi connectivity index (χ4n) is 2.04. The Kier molecular flexibility index (Phi) is 4.99. The number of hydrogen-bond donors (Lipinski definition) is 3. The Labute approximate surface area is 122 Å². The Bertz CT molecular complexity index is 532. The average Bonchev–Trinajstić information content (AvgIpc) is 2.89. The molecule has 0 radical (unpaired) electrons. The molecular weight excluding hydrogens is 276 g/mol. The summed E-state index contributed by atoms with van der Waals surface area (Å²) in [5, 5.41) is 14.9. The van der Waals surface area contributed by atoms with Crippen molar-refractivity contribution in [2.75, 3.05) is 19.9 Å². The van der Waals surface area contributed by atoms with E-state index in [1.54, 1.807) is 18.2 Å². The molecule has 7 nitrogen and oxygen atoms in total. The maximum Gasteiger partial charge on any atom is 0.325 e. The number of hydrogen-bond acceptors (Lipinski definition) is 5. The van der Waals surface area contributed by atoms with Gasteiger partial charge in [0, 0.05) is 13.5 Å². The van der Waals surface area contributed by atoms with Crippen LogP contribution in [0.5, 0.6) is 11.5 Å². The lowest BCUT2D eigenvalue weighted by Gasteiger charge is -2.15. The van der Waals surface area contributed by atoms with Crippen LogP contribution < -0.4 is 20.1 Å². The Morgan fingerprint density at radius 1 is 1.29 bits per heavy atom. The van der Waals surface area contributed by atoms with Crippen molar-refractivity contribution >= 4 is 11.9 Å². The highest BCUT2D eigenvalue weighted by Gasteiger charge is 2.22. The lowest BCUT2D eigenvalue weighted by atomic mass is 10.1. The van der Waals surface area contributed by atoms with Crippen molar-refractivity contribution in [3.63, 3.8) is 0 Å². The van der Waals surface area contributed by atoms with E-state index >= 15 is 0 Å². The van der Waals surface area contributed by atoms with Crippen molar-refractivity contribution < 1.29 is 24.2 Å². The van der Waals surface area contributed by atoms with Gasteiger partial charge in [-0.2, -0.15) is 0 Å². The predicted octanol–water partition coefficient (Wildman–Crippen LogP) is 0.657. The third-order valence-electron chi connectivity index (χ3n) is 3.05. The largest absolute Gasteiger partial charge is 0.480 e. The van der Waals surface area contributed by atoms with E-state index in [9.17, 15) is 14.7 Å². The van der Waals surface area contributed by atoms with Gasteiger partial charge in [0.05, 0.1) is 0 Å². The number of carboxylic acid groups (broad SMARTS) is 1. The lowest BCUT2D eigenvalue weighted by Crippen LogP contribution is -2.31. The summed E-state index contributed by atoms with van der Waals surface area (Å²) >= 11 is 0. The highest BCUT2D eigenvalue weighted by Crippen LogP contribution is 2.34. The van der Waals surface area contributed by atoms with Gasteiger partial charge in [0.25, 0.3) is 0 Å². The number of carbonyl (C=O) groups excluding carboxylic acids is 1. The first kappa shape index (κ1) is 15.1. The van der Waals surface area contributed by atoms with Crippen LogP contribution in [0.3, 0.4) is 0 Å². The fourth-order valence-corrected chi connectivity index (χ4v) is 2.04. The van der Waals surface area contributed by atoms with E-state index in [1.807, 2.05) is 0 Å². The van der Waals surface area contributed by atoms with E-state index in [-0.39, 0.29) is 12.7 Å². The van der Waals surface area contributed by atoms with Gasteiger partial charge in [0.1, 0.15) is 6.04 Å². The minimum absolute atomic E-state index is 0.0967.